The highest BCUT2D eigenvalue weighted by atomic mass is 35.5. The van der Waals surface area contributed by atoms with E-state index in [9.17, 15) is 13.2 Å². The molecule has 1 atom stereocenters. The maximum atomic E-state index is 12.7. The molecular weight excluding hydrogens is 352 g/mol. The van der Waals surface area contributed by atoms with Crippen molar-refractivity contribution in [2.75, 3.05) is 32.8 Å². The van der Waals surface area contributed by atoms with Crippen LogP contribution in [0.4, 0.5) is 0 Å². The molecule has 2 aliphatic heterocycles. The third-order valence-corrected chi connectivity index (χ3v) is 6.59. The molecule has 8 heteroatoms. The number of nitrogens with zero attached hydrogens (tertiary/aromatic N) is 2. The normalized spacial score (nSPS) is 23.2. The van der Waals surface area contributed by atoms with E-state index in [0.717, 1.165) is 12.8 Å². The molecule has 0 N–H and O–H groups in total. The third kappa shape index (κ3) is 3.74. The van der Waals surface area contributed by atoms with Gasteiger partial charge in [-0.3, -0.25) is 4.79 Å². The van der Waals surface area contributed by atoms with Crippen LogP contribution in [0, 0.1) is 0 Å². The topological polar surface area (TPSA) is 66.9 Å². The molecule has 0 aromatic heterocycles. The SMILES string of the molecule is O=C(C1CCCO1)N1CCCN(S(=O)(=O)c2ccc(Cl)cc2)CC1. The van der Waals surface area contributed by atoms with Gasteiger partial charge in [-0.25, -0.2) is 8.42 Å². The van der Waals surface area contributed by atoms with Gasteiger partial charge in [0.25, 0.3) is 5.91 Å². The summed E-state index contributed by atoms with van der Waals surface area (Å²) in [6, 6.07) is 6.16. The number of carbonyl (C=O) groups is 1. The van der Waals surface area contributed by atoms with Crippen molar-refractivity contribution >= 4 is 27.5 Å². The lowest BCUT2D eigenvalue weighted by atomic mass is 10.2. The Hall–Kier alpha value is -1.15. The van der Waals surface area contributed by atoms with Crippen LogP contribution in [0.5, 0.6) is 0 Å². The van der Waals surface area contributed by atoms with Crippen LogP contribution < -0.4 is 0 Å². The summed E-state index contributed by atoms with van der Waals surface area (Å²) in [5, 5.41) is 0.498. The molecular formula is C16H21ClN2O4S. The number of benzene rings is 1. The number of halogens is 1. The van der Waals surface area contributed by atoms with E-state index in [1.165, 1.54) is 16.4 Å². The molecule has 1 aromatic rings. The van der Waals surface area contributed by atoms with Gasteiger partial charge in [-0.1, -0.05) is 11.6 Å². The quantitative estimate of drug-likeness (QED) is 0.810. The van der Waals surface area contributed by atoms with E-state index in [0.29, 0.717) is 44.2 Å². The molecule has 2 heterocycles. The predicted molar refractivity (Wildman–Crippen MR) is 90.4 cm³/mol. The molecule has 24 heavy (non-hydrogen) atoms. The highest BCUT2D eigenvalue weighted by molar-refractivity contribution is 7.89. The summed E-state index contributed by atoms with van der Waals surface area (Å²) in [6.07, 6.45) is 1.92. The highest BCUT2D eigenvalue weighted by Gasteiger charge is 2.32. The Morgan fingerprint density at radius 2 is 1.83 bits per heavy atom. The first-order valence-corrected chi connectivity index (χ1v) is 9.96. The van der Waals surface area contributed by atoms with Crippen LogP contribution in [0.25, 0.3) is 0 Å². The Bertz CT molecular complexity index is 687. The smallest absolute Gasteiger partial charge is 0.251 e. The van der Waals surface area contributed by atoms with Crippen molar-refractivity contribution in [3.63, 3.8) is 0 Å². The number of hydrogen-bond acceptors (Lipinski definition) is 4. The third-order valence-electron chi connectivity index (χ3n) is 4.42. The number of amides is 1. The van der Waals surface area contributed by atoms with Crippen molar-refractivity contribution in [1.82, 2.24) is 9.21 Å². The molecule has 2 fully saturated rings. The Kier molecular flexibility index (Phi) is 5.44. The molecule has 2 saturated heterocycles. The van der Waals surface area contributed by atoms with Gasteiger partial charge in [0.15, 0.2) is 0 Å². The van der Waals surface area contributed by atoms with E-state index in [2.05, 4.69) is 0 Å². The summed E-state index contributed by atoms with van der Waals surface area (Å²) in [5.41, 5.74) is 0. The van der Waals surface area contributed by atoms with Crippen molar-refractivity contribution < 1.29 is 17.9 Å². The van der Waals surface area contributed by atoms with E-state index in [-0.39, 0.29) is 16.9 Å². The van der Waals surface area contributed by atoms with Gasteiger partial charge in [0, 0.05) is 37.8 Å². The highest BCUT2D eigenvalue weighted by Crippen LogP contribution is 2.21. The molecule has 1 unspecified atom stereocenters. The number of sulfonamides is 1. The largest absolute Gasteiger partial charge is 0.368 e. The van der Waals surface area contributed by atoms with E-state index in [1.54, 1.807) is 17.0 Å². The van der Waals surface area contributed by atoms with Crippen molar-refractivity contribution in [3.05, 3.63) is 29.3 Å². The van der Waals surface area contributed by atoms with Gasteiger partial charge in [-0.15, -0.1) is 0 Å². The molecule has 0 radical (unpaired) electrons. The summed E-state index contributed by atoms with van der Waals surface area (Å²) >= 11 is 5.83. The van der Waals surface area contributed by atoms with Crippen LogP contribution in [-0.2, 0) is 19.6 Å². The van der Waals surface area contributed by atoms with Crippen LogP contribution in [0.1, 0.15) is 19.3 Å². The van der Waals surface area contributed by atoms with Gasteiger partial charge < -0.3 is 9.64 Å². The first-order chi connectivity index (χ1) is 11.5. The van der Waals surface area contributed by atoms with Crippen LogP contribution >= 0.6 is 11.6 Å². The number of rotatable bonds is 3. The number of hydrogen-bond donors (Lipinski definition) is 0. The number of carbonyl (C=O) groups excluding carboxylic acids is 1. The maximum absolute atomic E-state index is 12.7. The lowest BCUT2D eigenvalue weighted by molar-refractivity contribution is -0.140. The molecule has 0 aliphatic carbocycles. The zero-order valence-electron chi connectivity index (χ0n) is 13.4. The fourth-order valence-corrected chi connectivity index (χ4v) is 4.68. The minimum absolute atomic E-state index is 0.0155. The Labute approximate surface area is 147 Å². The Morgan fingerprint density at radius 1 is 1.08 bits per heavy atom. The van der Waals surface area contributed by atoms with Gasteiger partial charge in [-0.05, 0) is 43.5 Å². The zero-order chi connectivity index (χ0) is 17.2. The Morgan fingerprint density at radius 3 is 2.50 bits per heavy atom. The predicted octanol–water partition coefficient (Wildman–Crippen LogP) is 1.74. The average Bonchev–Trinajstić information content (AvgIpc) is 2.98. The molecule has 0 spiro atoms. The van der Waals surface area contributed by atoms with Crippen LogP contribution in [0.15, 0.2) is 29.2 Å². The molecule has 0 saturated carbocycles. The van der Waals surface area contributed by atoms with Crippen molar-refractivity contribution in [2.45, 2.75) is 30.3 Å². The van der Waals surface area contributed by atoms with Crippen LogP contribution in [0.2, 0.25) is 5.02 Å². The summed E-state index contributed by atoms with van der Waals surface area (Å²) in [6.45, 7) is 2.28. The molecule has 3 rings (SSSR count). The Balaban J connectivity index is 1.68. The molecule has 6 nitrogen and oxygen atoms in total. The second-order valence-electron chi connectivity index (χ2n) is 6.04. The summed E-state index contributed by atoms with van der Waals surface area (Å²) < 4.78 is 32.4. The monoisotopic (exact) mass is 372 g/mol. The maximum Gasteiger partial charge on any atom is 0.251 e. The lowest BCUT2D eigenvalue weighted by Crippen LogP contribution is -2.41. The lowest BCUT2D eigenvalue weighted by Gasteiger charge is -2.24. The van der Waals surface area contributed by atoms with Gasteiger partial charge in [-0.2, -0.15) is 4.31 Å². The minimum Gasteiger partial charge on any atom is -0.368 e. The molecule has 2 aliphatic rings. The molecule has 1 amide bonds. The van der Waals surface area contributed by atoms with E-state index in [1.807, 2.05) is 0 Å². The first-order valence-electron chi connectivity index (χ1n) is 8.14. The van der Waals surface area contributed by atoms with Crippen LogP contribution in [-0.4, -0.2) is 62.4 Å². The molecule has 1 aromatic carbocycles. The van der Waals surface area contributed by atoms with Gasteiger partial charge in [0.05, 0.1) is 4.90 Å². The van der Waals surface area contributed by atoms with Crippen molar-refractivity contribution in [3.8, 4) is 0 Å². The van der Waals surface area contributed by atoms with Crippen molar-refractivity contribution in [1.29, 1.82) is 0 Å². The summed E-state index contributed by atoms with van der Waals surface area (Å²) in [4.78, 5) is 14.4. The second kappa shape index (κ2) is 7.39. The second-order valence-corrected chi connectivity index (χ2v) is 8.41. The van der Waals surface area contributed by atoms with Gasteiger partial charge in [0.1, 0.15) is 6.10 Å². The fraction of sp³-hybridized carbons (Fsp3) is 0.562. The summed E-state index contributed by atoms with van der Waals surface area (Å²) in [7, 11) is -3.56. The van der Waals surface area contributed by atoms with E-state index in [4.69, 9.17) is 16.3 Å². The fourth-order valence-electron chi connectivity index (χ4n) is 3.09. The zero-order valence-corrected chi connectivity index (χ0v) is 14.9. The van der Waals surface area contributed by atoms with Crippen LogP contribution in [0.3, 0.4) is 0 Å². The molecule has 0 bridgehead atoms. The minimum atomic E-state index is -3.56. The van der Waals surface area contributed by atoms with Gasteiger partial charge >= 0.3 is 0 Å². The standard InChI is InChI=1S/C16H21ClN2O4S/c17-13-4-6-14(7-5-13)24(21,22)19-9-2-8-18(10-11-19)16(20)15-3-1-12-23-15/h4-7,15H,1-3,8-12H2. The summed E-state index contributed by atoms with van der Waals surface area (Å²) in [5.74, 6) is -0.0155. The number of ether oxygens (including phenoxy) is 1. The first kappa shape index (κ1) is 17.7. The molecule has 132 valence electrons. The van der Waals surface area contributed by atoms with E-state index >= 15 is 0 Å². The average molecular weight is 373 g/mol. The van der Waals surface area contributed by atoms with E-state index < -0.39 is 10.0 Å². The van der Waals surface area contributed by atoms with Crippen molar-refractivity contribution in [2.24, 2.45) is 0 Å². The van der Waals surface area contributed by atoms with Gasteiger partial charge in [0.2, 0.25) is 10.0 Å².